The van der Waals surface area contributed by atoms with Gasteiger partial charge in [0.05, 0.1) is 16.6 Å². The van der Waals surface area contributed by atoms with Gasteiger partial charge in [-0.1, -0.05) is 0 Å². The highest BCUT2D eigenvalue weighted by Crippen LogP contribution is 2.11. The minimum absolute atomic E-state index is 0.136. The van der Waals surface area contributed by atoms with Crippen molar-refractivity contribution in [2.45, 2.75) is 0 Å². The van der Waals surface area contributed by atoms with E-state index < -0.39 is 16.7 Å². The number of hydrogen-bond acceptors (Lipinski definition) is 5. The van der Waals surface area contributed by atoms with Gasteiger partial charge in [0.25, 0.3) is 17.5 Å². The maximum absolute atomic E-state index is 11.8. The lowest BCUT2D eigenvalue weighted by atomic mass is 10.1. The van der Waals surface area contributed by atoms with Gasteiger partial charge in [0.1, 0.15) is 0 Å². The fraction of sp³-hybridized carbons (Fsp3) is 0. The first-order valence-electron chi connectivity index (χ1n) is 6.36. The molecule has 0 spiro atoms. The first-order valence-corrected chi connectivity index (χ1v) is 6.36. The van der Waals surface area contributed by atoms with E-state index in [1.54, 1.807) is 0 Å². The summed E-state index contributed by atoms with van der Waals surface area (Å²) in [7, 11) is 0. The van der Waals surface area contributed by atoms with Gasteiger partial charge in [-0.15, -0.1) is 0 Å². The molecule has 0 aliphatic rings. The van der Waals surface area contributed by atoms with Crippen molar-refractivity contribution in [3.63, 3.8) is 0 Å². The fourth-order valence-electron chi connectivity index (χ4n) is 1.69. The molecule has 8 heteroatoms. The minimum Gasteiger partial charge on any atom is -0.267 e. The summed E-state index contributed by atoms with van der Waals surface area (Å²) < 4.78 is 0. The summed E-state index contributed by atoms with van der Waals surface area (Å²) in [5.41, 5.74) is 5.13. The molecule has 114 valence electrons. The zero-order valence-corrected chi connectivity index (χ0v) is 11.6. The third kappa shape index (κ3) is 3.89. The predicted octanol–water partition coefficient (Wildman–Crippen LogP) is 1.54. The summed E-state index contributed by atoms with van der Waals surface area (Å²) in [5.74, 6) is -1.16. The molecule has 0 saturated carbocycles. The molecule has 2 N–H and O–H groups in total. The predicted molar refractivity (Wildman–Crippen MR) is 79.2 cm³/mol. The second-order valence-corrected chi connectivity index (χ2v) is 4.40. The third-order valence-corrected chi connectivity index (χ3v) is 2.91. The van der Waals surface area contributed by atoms with Crippen molar-refractivity contribution in [3.05, 3.63) is 75.3 Å². The number of amides is 2. The molecule has 0 aliphatic heterocycles. The summed E-state index contributed by atoms with van der Waals surface area (Å²) >= 11 is 0. The molecule has 2 aromatic rings. The number of hydrazine groups is 1. The van der Waals surface area contributed by atoms with Gasteiger partial charge in [0.2, 0.25) is 0 Å². The first kappa shape index (κ1) is 15.7. The Morgan fingerprint density at radius 1 is 0.913 bits per heavy atom. The molecule has 8 nitrogen and oxygen atoms in total. The number of non-ortho nitro benzene ring substituents is 1. The Hall–Kier alpha value is -3.73. The van der Waals surface area contributed by atoms with Crippen molar-refractivity contribution in [3.8, 4) is 6.07 Å². The number of hydrogen-bond donors (Lipinski definition) is 2. The van der Waals surface area contributed by atoms with Crippen LogP contribution in [0.1, 0.15) is 26.3 Å². The molecule has 0 unspecified atom stereocenters. The Labute approximate surface area is 130 Å². The lowest BCUT2D eigenvalue weighted by Gasteiger charge is -2.07. The Bertz CT molecular complexity index is 792. The second-order valence-electron chi connectivity index (χ2n) is 4.40. The van der Waals surface area contributed by atoms with E-state index in [-0.39, 0.29) is 16.8 Å². The zero-order chi connectivity index (χ0) is 16.8. The molecule has 2 rings (SSSR count). The van der Waals surface area contributed by atoms with Crippen LogP contribution in [0.2, 0.25) is 0 Å². The maximum atomic E-state index is 11.8. The molecule has 2 aromatic carbocycles. The fourth-order valence-corrected chi connectivity index (χ4v) is 1.69. The molecule has 0 atom stereocenters. The van der Waals surface area contributed by atoms with Crippen LogP contribution in [-0.4, -0.2) is 16.7 Å². The van der Waals surface area contributed by atoms with E-state index in [1.807, 2.05) is 6.07 Å². The van der Waals surface area contributed by atoms with Gasteiger partial charge in [0.15, 0.2) is 0 Å². The summed E-state index contributed by atoms with van der Waals surface area (Å²) in [6.45, 7) is 0. The second kappa shape index (κ2) is 6.82. The van der Waals surface area contributed by atoms with Gasteiger partial charge >= 0.3 is 0 Å². The SMILES string of the molecule is N#Cc1ccc(C(=O)NNC(=O)c2ccc([N+](=O)[O-])cc2)cc1. The Morgan fingerprint density at radius 3 is 1.74 bits per heavy atom. The molecule has 2 amide bonds. The summed E-state index contributed by atoms with van der Waals surface area (Å²) in [5, 5.41) is 19.2. The lowest BCUT2D eigenvalue weighted by Crippen LogP contribution is -2.41. The molecule has 0 aromatic heterocycles. The van der Waals surface area contributed by atoms with Gasteiger partial charge in [0, 0.05) is 23.3 Å². The number of benzene rings is 2. The normalized spacial score (nSPS) is 9.52. The number of carbonyl (C=O) groups excluding carboxylic acids is 2. The first-order chi connectivity index (χ1) is 11.0. The van der Waals surface area contributed by atoms with Crippen LogP contribution in [0.5, 0.6) is 0 Å². The zero-order valence-electron chi connectivity index (χ0n) is 11.6. The molecule has 0 heterocycles. The smallest absolute Gasteiger partial charge is 0.267 e. The average molecular weight is 310 g/mol. The van der Waals surface area contributed by atoms with Crippen LogP contribution in [0.15, 0.2) is 48.5 Å². The highest BCUT2D eigenvalue weighted by atomic mass is 16.6. The quantitative estimate of drug-likeness (QED) is 0.657. The van der Waals surface area contributed by atoms with Crippen molar-refractivity contribution in [2.75, 3.05) is 0 Å². The van der Waals surface area contributed by atoms with E-state index in [0.29, 0.717) is 5.56 Å². The maximum Gasteiger partial charge on any atom is 0.269 e. The molecule has 0 saturated heterocycles. The van der Waals surface area contributed by atoms with Crippen molar-refractivity contribution in [1.82, 2.24) is 10.9 Å². The molecule has 0 radical (unpaired) electrons. The van der Waals surface area contributed by atoms with E-state index in [2.05, 4.69) is 10.9 Å². The number of nitriles is 1. The van der Waals surface area contributed by atoms with Gasteiger partial charge in [-0.25, -0.2) is 0 Å². The van der Waals surface area contributed by atoms with Crippen molar-refractivity contribution in [2.24, 2.45) is 0 Å². The molecule has 23 heavy (non-hydrogen) atoms. The monoisotopic (exact) mass is 310 g/mol. The van der Waals surface area contributed by atoms with E-state index >= 15 is 0 Å². The van der Waals surface area contributed by atoms with Crippen LogP contribution < -0.4 is 10.9 Å². The van der Waals surface area contributed by atoms with E-state index in [0.717, 1.165) is 0 Å². The lowest BCUT2D eigenvalue weighted by molar-refractivity contribution is -0.384. The highest BCUT2D eigenvalue weighted by molar-refractivity contribution is 5.99. The van der Waals surface area contributed by atoms with Crippen molar-refractivity contribution in [1.29, 1.82) is 5.26 Å². The highest BCUT2D eigenvalue weighted by Gasteiger charge is 2.11. The standard InChI is InChI=1S/C15H10N4O4/c16-9-10-1-3-11(4-2-10)14(20)17-18-15(21)12-5-7-13(8-6-12)19(22)23/h1-8H,(H,17,20)(H,18,21). The van der Waals surface area contributed by atoms with Gasteiger partial charge < -0.3 is 0 Å². The van der Waals surface area contributed by atoms with Crippen LogP contribution in [0.3, 0.4) is 0 Å². The van der Waals surface area contributed by atoms with Crippen molar-refractivity contribution >= 4 is 17.5 Å². The molecular formula is C15H10N4O4. The molecule has 0 bridgehead atoms. The van der Waals surface area contributed by atoms with Gasteiger partial charge in [-0.05, 0) is 36.4 Å². The number of nitro benzene ring substituents is 1. The van der Waals surface area contributed by atoms with Crippen LogP contribution in [0, 0.1) is 21.4 Å². The Kier molecular flexibility index (Phi) is 4.64. The van der Waals surface area contributed by atoms with Crippen LogP contribution in [-0.2, 0) is 0 Å². The summed E-state index contributed by atoms with van der Waals surface area (Å²) in [4.78, 5) is 33.6. The van der Waals surface area contributed by atoms with Crippen LogP contribution in [0.4, 0.5) is 5.69 Å². The Morgan fingerprint density at radius 2 is 1.35 bits per heavy atom. The number of carbonyl (C=O) groups is 2. The Balaban J connectivity index is 1.96. The van der Waals surface area contributed by atoms with Crippen LogP contribution >= 0.6 is 0 Å². The number of rotatable bonds is 3. The van der Waals surface area contributed by atoms with Crippen LogP contribution in [0.25, 0.3) is 0 Å². The third-order valence-electron chi connectivity index (χ3n) is 2.91. The van der Waals surface area contributed by atoms with E-state index in [1.165, 1.54) is 48.5 Å². The number of nitro groups is 1. The molecule has 0 fully saturated rings. The summed E-state index contributed by atoms with van der Waals surface area (Å²) in [6.07, 6.45) is 0. The largest absolute Gasteiger partial charge is 0.269 e. The van der Waals surface area contributed by atoms with E-state index in [9.17, 15) is 19.7 Å². The van der Waals surface area contributed by atoms with E-state index in [4.69, 9.17) is 5.26 Å². The minimum atomic E-state index is -0.609. The topological polar surface area (TPSA) is 125 Å². The number of nitrogens with zero attached hydrogens (tertiary/aromatic N) is 2. The van der Waals surface area contributed by atoms with Gasteiger partial charge in [-0.3, -0.25) is 30.6 Å². The summed E-state index contributed by atoms with van der Waals surface area (Å²) in [6, 6.07) is 12.7. The molecular weight excluding hydrogens is 300 g/mol. The van der Waals surface area contributed by atoms with Crippen molar-refractivity contribution < 1.29 is 14.5 Å². The van der Waals surface area contributed by atoms with Gasteiger partial charge in [-0.2, -0.15) is 5.26 Å². The average Bonchev–Trinajstić information content (AvgIpc) is 2.59. The number of nitrogens with one attached hydrogen (secondary N) is 2. The molecule has 0 aliphatic carbocycles.